The fourth-order valence-electron chi connectivity index (χ4n) is 2.78. The molecular formula is C16H15BrN2O5S. The van der Waals surface area contributed by atoms with Crippen LogP contribution in [0.1, 0.15) is 12.5 Å². The summed E-state index contributed by atoms with van der Waals surface area (Å²) in [5.41, 5.74) is 0.971. The van der Waals surface area contributed by atoms with Crippen LogP contribution in [0.15, 0.2) is 45.8 Å². The number of hydrogen-bond donors (Lipinski definition) is 0. The Kier molecular flexibility index (Phi) is 4.70. The van der Waals surface area contributed by atoms with Crippen molar-refractivity contribution in [2.24, 2.45) is 0 Å². The van der Waals surface area contributed by atoms with Gasteiger partial charge in [-0.1, -0.05) is 22.0 Å². The Morgan fingerprint density at radius 3 is 2.72 bits per heavy atom. The highest BCUT2D eigenvalue weighted by molar-refractivity contribution is 9.10. The van der Waals surface area contributed by atoms with E-state index in [0.717, 1.165) is 5.56 Å². The molecule has 132 valence electrons. The fourth-order valence-corrected chi connectivity index (χ4v) is 4.95. The molecule has 1 heterocycles. The van der Waals surface area contributed by atoms with Crippen LogP contribution in [0.25, 0.3) is 0 Å². The Bertz CT molecular complexity index is 946. The van der Waals surface area contributed by atoms with Crippen molar-refractivity contribution in [3.05, 3.63) is 56.5 Å². The molecule has 0 bridgehead atoms. The SMILES string of the molecule is CCOc1ccc(Br)cc1S(=O)(=O)N1CCc2ccc([N+](=O)[O-])cc21. The minimum absolute atomic E-state index is 0.0306. The summed E-state index contributed by atoms with van der Waals surface area (Å²) in [4.78, 5) is 10.5. The van der Waals surface area contributed by atoms with Gasteiger partial charge in [-0.2, -0.15) is 0 Å². The third-order valence-corrected chi connectivity index (χ3v) is 6.23. The first-order valence-electron chi connectivity index (χ1n) is 7.57. The number of rotatable bonds is 5. The van der Waals surface area contributed by atoms with Crippen LogP contribution in [0.4, 0.5) is 11.4 Å². The van der Waals surface area contributed by atoms with Crippen LogP contribution in [0.2, 0.25) is 0 Å². The molecular weight excluding hydrogens is 412 g/mol. The predicted octanol–water partition coefficient (Wildman–Crippen LogP) is 3.51. The molecule has 0 radical (unpaired) electrons. The summed E-state index contributed by atoms with van der Waals surface area (Å²) in [7, 11) is -3.91. The summed E-state index contributed by atoms with van der Waals surface area (Å²) in [6, 6.07) is 9.07. The third-order valence-electron chi connectivity index (χ3n) is 3.91. The number of sulfonamides is 1. The van der Waals surface area contributed by atoms with E-state index in [1.54, 1.807) is 25.1 Å². The monoisotopic (exact) mass is 426 g/mol. The van der Waals surface area contributed by atoms with Crippen molar-refractivity contribution in [3.63, 3.8) is 0 Å². The Morgan fingerprint density at radius 1 is 1.28 bits per heavy atom. The molecule has 1 aliphatic rings. The molecule has 0 N–H and O–H groups in total. The first kappa shape index (κ1) is 17.7. The Labute approximate surface area is 153 Å². The van der Waals surface area contributed by atoms with Crippen molar-refractivity contribution in [2.75, 3.05) is 17.5 Å². The Balaban J connectivity index is 2.11. The number of halogens is 1. The number of nitro groups is 1. The lowest BCUT2D eigenvalue weighted by Crippen LogP contribution is -2.29. The molecule has 7 nitrogen and oxygen atoms in total. The maximum Gasteiger partial charge on any atom is 0.271 e. The standard InChI is InChI=1S/C16H15BrN2O5S/c1-2-24-15-6-4-12(17)9-16(15)25(22,23)18-8-7-11-3-5-13(19(20)21)10-14(11)18/h3-6,9-10H,2,7-8H2,1H3. The molecule has 0 saturated carbocycles. The van der Waals surface area contributed by atoms with Gasteiger partial charge in [-0.15, -0.1) is 0 Å². The molecule has 2 aromatic carbocycles. The molecule has 3 rings (SSSR count). The number of hydrogen-bond acceptors (Lipinski definition) is 5. The number of nitrogens with zero attached hydrogens (tertiary/aromatic N) is 2. The van der Waals surface area contributed by atoms with Crippen LogP contribution >= 0.6 is 15.9 Å². The quantitative estimate of drug-likeness (QED) is 0.538. The van der Waals surface area contributed by atoms with Crippen molar-refractivity contribution >= 4 is 37.3 Å². The molecule has 0 amide bonds. The molecule has 0 aromatic heterocycles. The largest absolute Gasteiger partial charge is 0.492 e. The molecule has 0 fully saturated rings. The van der Waals surface area contributed by atoms with Crippen molar-refractivity contribution in [3.8, 4) is 5.75 Å². The molecule has 1 aliphatic heterocycles. The second kappa shape index (κ2) is 6.64. The molecule has 9 heteroatoms. The fraction of sp³-hybridized carbons (Fsp3) is 0.250. The van der Waals surface area contributed by atoms with Crippen molar-refractivity contribution in [1.29, 1.82) is 0 Å². The number of fused-ring (bicyclic) bond motifs is 1. The maximum absolute atomic E-state index is 13.2. The van der Waals surface area contributed by atoms with Gasteiger partial charge in [0.15, 0.2) is 0 Å². The van der Waals surface area contributed by atoms with E-state index in [0.29, 0.717) is 23.2 Å². The molecule has 25 heavy (non-hydrogen) atoms. The van der Waals surface area contributed by atoms with Gasteiger partial charge in [-0.25, -0.2) is 8.42 Å². The summed E-state index contributed by atoms with van der Waals surface area (Å²) < 4.78 is 33.6. The molecule has 2 aromatic rings. The van der Waals surface area contributed by atoms with E-state index >= 15 is 0 Å². The molecule has 0 spiro atoms. The van der Waals surface area contributed by atoms with Gasteiger partial charge in [-0.05, 0) is 37.1 Å². The number of nitro benzene ring substituents is 1. The van der Waals surface area contributed by atoms with E-state index in [4.69, 9.17) is 4.74 Å². The van der Waals surface area contributed by atoms with Gasteiger partial charge < -0.3 is 4.74 Å². The first-order valence-corrected chi connectivity index (χ1v) is 9.80. The normalized spacial score (nSPS) is 13.6. The highest BCUT2D eigenvalue weighted by atomic mass is 79.9. The van der Waals surface area contributed by atoms with Crippen LogP contribution < -0.4 is 9.04 Å². The summed E-state index contributed by atoms with van der Waals surface area (Å²) in [5, 5.41) is 11.0. The number of non-ortho nitro benzene ring substituents is 1. The van der Waals surface area contributed by atoms with Gasteiger partial charge in [0.25, 0.3) is 15.7 Å². The summed E-state index contributed by atoms with van der Waals surface area (Å²) in [6.45, 7) is 2.33. The van der Waals surface area contributed by atoms with Crippen LogP contribution in [0, 0.1) is 10.1 Å². The van der Waals surface area contributed by atoms with Crippen LogP contribution in [-0.4, -0.2) is 26.5 Å². The first-order chi connectivity index (χ1) is 11.8. The maximum atomic E-state index is 13.2. The van der Waals surface area contributed by atoms with E-state index in [1.807, 2.05) is 0 Å². The van der Waals surface area contributed by atoms with E-state index < -0.39 is 14.9 Å². The van der Waals surface area contributed by atoms with Crippen LogP contribution in [-0.2, 0) is 16.4 Å². The number of benzene rings is 2. The minimum atomic E-state index is -3.91. The molecule has 0 aliphatic carbocycles. The zero-order valence-corrected chi connectivity index (χ0v) is 15.7. The summed E-state index contributed by atoms with van der Waals surface area (Å²) in [6.07, 6.45) is 0.504. The minimum Gasteiger partial charge on any atom is -0.492 e. The van der Waals surface area contributed by atoms with Crippen LogP contribution in [0.3, 0.4) is 0 Å². The lowest BCUT2D eigenvalue weighted by atomic mass is 10.1. The summed E-state index contributed by atoms with van der Waals surface area (Å²) in [5.74, 6) is 0.254. The highest BCUT2D eigenvalue weighted by Crippen LogP contribution is 2.38. The van der Waals surface area contributed by atoms with Crippen molar-refractivity contribution in [2.45, 2.75) is 18.2 Å². The van der Waals surface area contributed by atoms with E-state index in [2.05, 4.69) is 15.9 Å². The van der Waals surface area contributed by atoms with E-state index in [9.17, 15) is 18.5 Å². The van der Waals surface area contributed by atoms with Crippen molar-refractivity contribution in [1.82, 2.24) is 0 Å². The van der Waals surface area contributed by atoms with Gasteiger partial charge in [-0.3, -0.25) is 14.4 Å². The molecule has 0 unspecified atom stereocenters. The third kappa shape index (κ3) is 3.21. The van der Waals surface area contributed by atoms with E-state index in [1.165, 1.54) is 22.5 Å². The second-order valence-electron chi connectivity index (χ2n) is 5.42. The van der Waals surface area contributed by atoms with E-state index in [-0.39, 0.29) is 22.9 Å². The zero-order valence-electron chi connectivity index (χ0n) is 13.3. The van der Waals surface area contributed by atoms with Gasteiger partial charge >= 0.3 is 0 Å². The topological polar surface area (TPSA) is 89.8 Å². The Morgan fingerprint density at radius 2 is 2.04 bits per heavy atom. The molecule has 0 saturated heterocycles. The highest BCUT2D eigenvalue weighted by Gasteiger charge is 2.34. The predicted molar refractivity (Wildman–Crippen MR) is 96.6 cm³/mol. The average Bonchev–Trinajstić information content (AvgIpc) is 3.00. The lowest BCUT2D eigenvalue weighted by Gasteiger charge is -2.21. The van der Waals surface area contributed by atoms with Crippen LogP contribution in [0.5, 0.6) is 5.75 Å². The van der Waals surface area contributed by atoms with Crippen molar-refractivity contribution < 1.29 is 18.1 Å². The van der Waals surface area contributed by atoms with Gasteiger partial charge in [0, 0.05) is 23.2 Å². The smallest absolute Gasteiger partial charge is 0.271 e. The number of ether oxygens (including phenoxy) is 1. The number of anilines is 1. The summed E-state index contributed by atoms with van der Waals surface area (Å²) >= 11 is 3.28. The van der Waals surface area contributed by atoms with Gasteiger partial charge in [0.05, 0.1) is 17.2 Å². The zero-order chi connectivity index (χ0) is 18.2. The van der Waals surface area contributed by atoms with Gasteiger partial charge in [0.2, 0.25) is 0 Å². The lowest BCUT2D eigenvalue weighted by molar-refractivity contribution is -0.384. The van der Waals surface area contributed by atoms with Gasteiger partial charge in [0.1, 0.15) is 10.6 Å². The molecule has 0 atom stereocenters. The Hall–Kier alpha value is -2.13. The second-order valence-corrected chi connectivity index (χ2v) is 8.17. The average molecular weight is 427 g/mol.